The molecule has 126 valence electrons. The average molecular weight is 326 g/mol. The van der Waals surface area contributed by atoms with Crippen molar-refractivity contribution in [3.63, 3.8) is 0 Å². The second-order valence-electron chi connectivity index (χ2n) is 5.50. The maximum atomic E-state index is 12.3. The Morgan fingerprint density at radius 3 is 2.00 bits per heavy atom. The molecule has 5 heteroatoms. The summed E-state index contributed by atoms with van der Waals surface area (Å²) in [5, 5.41) is 0. The second-order valence-corrected chi connectivity index (χ2v) is 5.88. The number of hydrogen-bond acceptors (Lipinski definition) is 1. The maximum absolute atomic E-state index is 12.3. The Morgan fingerprint density at radius 2 is 1.52 bits per heavy atom. The van der Waals surface area contributed by atoms with Crippen molar-refractivity contribution in [2.75, 3.05) is 19.0 Å². The average Bonchev–Trinajstić information content (AvgIpc) is 2.44. The first kappa shape index (κ1) is 20.6. The fourth-order valence-corrected chi connectivity index (χ4v) is 2.54. The molecule has 0 rings (SSSR count). The van der Waals surface area contributed by atoms with E-state index in [9.17, 15) is 13.6 Å². The van der Waals surface area contributed by atoms with Crippen LogP contribution < -0.4 is 0 Å². The van der Waals surface area contributed by atoms with Gasteiger partial charge < -0.3 is 4.90 Å². The van der Waals surface area contributed by atoms with Gasteiger partial charge in [0.15, 0.2) is 0 Å². The number of amides is 1. The van der Waals surface area contributed by atoms with Gasteiger partial charge in [-0.3, -0.25) is 4.79 Å². The molecule has 0 aromatic rings. The van der Waals surface area contributed by atoms with Crippen LogP contribution in [-0.2, 0) is 4.79 Å². The molecule has 0 aromatic carbocycles. The summed E-state index contributed by atoms with van der Waals surface area (Å²) >= 11 is 5.54. The van der Waals surface area contributed by atoms with E-state index in [1.54, 1.807) is 0 Å². The molecule has 0 spiro atoms. The Kier molecular flexibility index (Phi) is 14.3. The minimum atomic E-state index is -2.49. The summed E-state index contributed by atoms with van der Waals surface area (Å²) in [6.45, 7) is 1.92. The van der Waals surface area contributed by atoms with Crippen LogP contribution in [0, 0.1) is 0 Å². The summed E-state index contributed by atoms with van der Waals surface area (Å²) in [4.78, 5) is 13.0. The molecule has 2 nitrogen and oxygen atoms in total. The number of nitrogens with zero attached hydrogens (tertiary/aromatic N) is 1. The van der Waals surface area contributed by atoms with E-state index in [1.165, 1.54) is 43.4 Å². The molecule has 21 heavy (non-hydrogen) atoms. The van der Waals surface area contributed by atoms with Crippen LogP contribution in [0.2, 0.25) is 0 Å². The molecule has 0 fully saturated rings. The van der Waals surface area contributed by atoms with Gasteiger partial charge in [-0.25, -0.2) is 8.78 Å². The monoisotopic (exact) mass is 325 g/mol. The number of rotatable bonds is 14. The lowest BCUT2D eigenvalue weighted by molar-refractivity contribution is -0.133. The van der Waals surface area contributed by atoms with Crippen LogP contribution in [0.25, 0.3) is 0 Å². The third-order valence-corrected chi connectivity index (χ3v) is 3.73. The highest BCUT2D eigenvalue weighted by Crippen LogP contribution is 2.11. The summed E-state index contributed by atoms with van der Waals surface area (Å²) in [5.74, 6) is 0.00912. The van der Waals surface area contributed by atoms with Crippen molar-refractivity contribution in [3.8, 4) is 0 Å². The van der Waals surface area contributed by atoms with Gasteiger partial charge in [0, 0.05) is 18.8 Å². The van der Waals surface area contributed by atoms with Crippen LogP contribution >= 0.6 is 11.6 Å². The van der Waals surface area contributed by atoms with Gasteiger partial charge in [-0.15, -0.1) is 11.6 Å². The second kappa shape index (κ2) is 14.6. The van der Waals surface area contributed by atoms with E-state index < -0.39 is 13.0 Å². The third-order valence-electron chi connectivity index (χ3n) is 3.56. The Hall–Kier alpha value is -0.380. The standard InChI is InChI=1S/C16H30ClF2NO/c1-2-3-4-5-6-7-8-9-10-11-16(21)20(13-12-17)14-15(18)19/h15H,2-14H2,1H3. The Morgan fingerprint density at radius 1 is 1.00 bits per heavy atom. The number of carbonyl (C=O) groups excluding carboxylic acids is 1. The molecule has 1 amide bonds. The van der Waals surface area contributed by atoms with Crippen molar-refractivity contribution in [3.05, 3.63) is 0 Å². The Bertz CT molecular complexity index is 252. The molecule has 0 saturated heterocycles. The van der Waals surface area contributed by atoms with Crippen LogP contribution in [0.1, 0.15) is 71.1 Å². The van der Waals surface area contributed by atoms with E-state index in [-0.39, 0.29) is 18.3 Å². The Labute approximate surface area is 133 Å². The first-order chi connectivity index (χ1) is 10.1. The van der Waals surface area contributed by atoms with Gasteiger partial charge in [-0.05, 0) is 6.42 Å². The molecular weight excluding hydrogens is 296 g/mol. The summed E-state index contributed by atoms with van der Waals surface area (Å²) in [7, 11) is 0. The van der Waals surface area contributed by atoms with Crippen molar-refractivity contribution in [1.29, 1.82) is 0 Å². The van der Waals surface area contributed by atoms with Gasteiger partial charge in [0.25, 0.3) is 6.43 Å². The summed E-state index contributed by atoms with van der Waals surface area (Å²) in [6, 6.07) is 0. The third kappa shape index (κ3) is 13.0. The van der Waals surface area contributed by atoms with E-state index in [2.05, 4.69) is 6.92 Å². The molecular formula is C16H30ClF2NO. The zero-order valence-electron chi connectivity index (χ0n) is 13.3. The summed E-state index contributed by atoms with van der Waals surface area (Å²) in [5.41, 5.74) is 0. The lowest BCUT2D eigenvalue weighted by Crippen LogP contribution is -2.36. The van der Waals surface area contributed by atoms with Gasteiger partial charge in [0.1, 0.15) is 0 Å². The van der Waals surface area contributed by atoms with Gasteiger partial charge in [-0.1, -0.05) is 58.3 Å². The number of unbranched alkanes of at least 4 members (excludes halogenated alkanes) is 8. The molecule has 0 N–H and O–H groups in total. The van der Waals surface area contributed by atoms with Crippen LogP contribution in [0.3, 0.4) is 0 Å². The van der Waals surface area contributed by atoms with Crippen molar-refractivity contribution < 1.29 is 13.6 Å². The van der Waals surface area contributed by atoms with Crippen LogP contribution in [0.4, 0.5) is 8.78 Å². The molecule has 0 bridgehead atoms. The van der Waals surface area contributed by atoms with Gasteiger partial charge >= 0.3 is 0 Å². The first-order valence-corrected chi connectivity index (χ1v) is 8.77. The minimum Gasteiger partial charge on any atom is -0.336 e. The largest absolute Gasteiger partial charge is 0.336 e. The molecule has 0 aliphatic carbocycles. The summed E-state index contributed by atoms with van der Waals surface area (Å²) < 4.78 is 24.7. The number of hydrogen-bond donors (Lipinski definition) is 0. The molecule has 0 radical (unpaired) electrons. The van der Waals surface area contributed by atoms with Crippen molar-refractivity contribution in [2.45, 2.75) is 77.6 Å². The topological polar surface area (TPSA) is 20.3 Å². The molecule has 0 heterocycles. The van der Waals surface area contributed by atoms with Gasteiger partial charge in [-0.2, -0.15) is 0 Å². The van der Waals surface area contributed by atoms with Crippen molar-refractivity contribution in [1.82, 2.24) is 4.90 Å². The van der Waals surface area contributed by atoms with Gasteiger partial charge in [0.05, 0.1) is 6.54 Å². The van der Waals surface area contributed by atoms with Crippen molar-refractivity contribution in [2.24, 2.45) is 0 Å². The van der Waals surface area contributed by atoms with E-state index in [0.717, 1.165) is 19.3 Å². The lowest BCUT2D eigenvalue weighted by Gasteiger charge is -2.21. The highest BCUT2D eigenvalue weighted by molar-refractivity contribution is 6.18. The van der Waals surface area contributed by atoms with E-state index in [4.69, 9.17) is 11.6 Å². The van der Waals surface area contributed by atoms with Crippen LogP contribution in [0.15, 0.2) is 0 Å². The van der Waals surface area contributed by atoms with E-state index in [0.29, 0.717) is 6.42 Å². The zero-order chi connectivity index (χ0) is 15.9. The number of halogens is 3. The van der Waals surface area contributed by atoms with Crippen LogP contribution in [-0.4, -0.2) is 36.2 Å². The number of alkyl halides is 3. The van der Waals surface area contributed by atoms with Crippen LogP contribution in [0.5, 0.6) is 0 Å². The molecule has 0 aliphatic rings. The fourth-order valence-electron chi connectivity index (χ4n) is 2.33. The molecule has 0 unspecified atom stereocenters. The zero-order valence-corrected chi connectivity index (χ0v) is 14.0. The molecule has 0 atom stereocenters. The summed E-state index contributed by atoms with van der Waals surface area (Å²) in [6.07, 6.45) is 8.45. The van der Waals surface area contributed by atoms with Crippen molar-refractivity contribution >= 4 is 17.5 Å². The molecule has 0 aliphatic heterocycles. The number of carbonyl (C=O) groups is 1. The predicted molar refractivity (Wildman–Crippen MR) is 85.1 cm³/mol. The maximum Gasteiger partial charge on any atom is 0.255 e. The minimum absolute atomic E-state index is 0.195. The molecule has 0 aromatic heterocycles. The predicted octanol–water partition coefficient (Wildman–Crippen LogP) is 5.24. The quantitative estimate of drug-likeness (QED) is 0.316. The smallest absolute Gasteiger partial charge is 0.255 e. The van der Waals surface area contributed by atoms with Gasteiger partial charge in [0.2, 0.25) is 5.91 Å². The highest BCUT2D eigenvalue weighted by atomic mass is 35.5. The van der Waals surface area contributed by atoms with E-state index >= 15 is 0 Å². The first-order valence-electron chi connectivity index (χ1n) is 8.23. The highest BCUT2D eigenvalue weighted by Gasteiger charge is 2.16. The Balaban J connectivity index is 3.58. The normalized spacial score (nSPS) is 11.1. The molecule has 0 saturated carbocycles. The van der Waals surface area contributed by atoms with E-state index in [1.807, 2.05) is 0 Å². The fraction of sp³-hybridized carbons (Fsp3) is 0.938. The SMILES string of the molecule is CCCCCCCCCCCC(=O)N(CCCl)CC(F)F. The lowest BCUT2D eigenvalue weighted by atomic mass is 10.1.